The number of carbonyl (C=O) groups excluding carboxylic acids is 1. The first-order valence-electron chi connectivity index (χ1n) is 5.70. The molecule has 0 aliphatic heterocycles. The first kappa shape index (κ1) is 13.1. The molecule has 0 radical (unpaired) electrons. The van der Waals surface area contributed by atoms with Crippen molar-refractivity contribution < 1.29 is 14.3 Å². The second kappa shape index (κ2) is 5.14. The van der Waals surface area contributed by atoms with Crippen molar-refractivity contribution in [1.82, 2.24) is 9.97 Å². The molecule has 0 aromatic carbocycles. The number of ether oxygens (including phenoxy) is 2. The van der Waals surface area contributed by atoms with Crippen LogP contribution in [-0.2, 0) is 4.79 Å². The van der Waals surface area contributed by atoms with Crippen LogP contribution in [0.4, 0.5) is 0 Å². The van der Waals surface area contributed by atoms with Gasteiger partial charge in [0.15, 0.2) is 5.16 Å². The number of hydrogen-bond acceptors (Lipinski definition) is 6. The van der Waals surface area contributed by atoms with Crippen LogP contribution in [0.15, 0.2) is 11.2 Å². The summed E-state index contributed by atoms with van der Waals surface area (Å²) in [6.07, 6.45) is 3.13. The van der Waals surface area contributed by atoms with Crippen LogP contribution in [0.2, 0.25) is 0 Å². The molecule has 1 aliphatic carbocycles. The summed E-state index contributed by atoms with van der Waals surface area (Å²) in [6, 6.07) is 1.61. The smallest absolute Gasteiger partial charge is 0.220 e. The maximum Gasteiger partial charge on any atom is 0.220 e. The molecule has 1 aliphatic rings. The summed E-state index contributed by atoms with van der Waals surface area (Å²) in [5, 5.41) is 0.394. The van der Waals surface area contributed by atoms with Crippen LogP contribution < -0.4 is 9.47 Å². The highest BCUT2D eigenvalue weighted by Gasteiger charge is 2.45. The van der Waals surface area contributed by atoms with E-state index < -0.39 is 0 Å². The fraction of sp³-hybridized carbons (Fsp3) is 0.583. The SMILES string of the molecule is COc1cc(OC)nc(SC(C=O)C2(C)CC2)n1. The van der Waals surface area contributed by atoms with E-state index in [9.17, 15) is 4.79 Å². The van der Waals surface area contributed by atoms with Gasteiger partial charge in [-0.25, -0.2) is 0 Å². The van der Waals surface area contributed by atoms with Crippen molar-refractivity contribution in [1.29, 1.82) is 0 Å². The molecule has 0 N–H and O–H groups in total. The average Bonchev–Trinajstić information content (AvgIpc) is 3.14. The van der Waals surface area contributed by atoms with Gasteiger partial charge >= 0.3 is 0 Å². The molecule has 1 aromatic heterocycles. The lowest BCUT2D eigenvalue weighted by molar-refractivity contribution is -0.108. The molecule has 1 fully saturated rings. The zero-order chi connectivity index (χ0) is 13.2. The Hall–Kier alpha value is -1.30. The third-order valence-corrected chi connectivity index (χ3v) is 4.49. The second-order valence-electron chi connectivity index (χ2n) is 4.56. The van der Waals surface area contributed by atoms with Gasteiger partial charge in [-0.15, -0.1) is 0 Å². The molecule has 1 heterocycles. The van der Waals surface area contributed by atoms with Crippen LogP contribution in [0, 0.1) is 5.41 Å². The summed E-state index contributed by atoms with van der Waals surface area (Å²) in [6.45, 7) is 2.11. The predicted octanol–water partition coefficient (Wildman–Crippen LogP) is 1.95. The molecule has 1 saturated carbocycles. The van der Waals surface area contributed by atoms with E-state index in [1.54, 1.807) is 6.07 Å². The Bertz CT molecular complexity index is 427. The molecule has 0 spiro atoms. The maximum atomic E-state index is 11.2. The highest BCUT2D eigenvalue weighted by molar-refractivity contribution is 8.00. The molecule has 0 bridgehead atoms. The quantitative estimate of drug-likeness (QED) is 0.446. The fourth-order valence-electron chi connectivity index (χ4n) is 1.58. The van der Waals surface area contributed by atoms with Gasteiger partial charge in [-0.05, 0) is 18.3 Å². The van der Waals surface area contributed by atoms with Crippen LogP contribution in [0.3, 0.4) is 0 Å². The Kier molecular flexibility index (Phi) is 3.75. The van der Waals surface area contributed by atoms with Crippen molar-refractivity contribution in [2.24, 2.45) is 5.41 Å². The van der Waals surface area contributed by atoms with E-state index in [0.29, 0.717) is 16.9 Å². The molecule has 98 valence electrons. The molecule has 6 heteroatoms. The lowest BCUT2D eigenvalue weighted by atomic mass is 10.1. The minimum atomic E-state index is -0.116. The van der Waals surface area contributed by atoms with Gasteiger partial charge in [0, 0.05) is 0 Å². The summed E-state index contributed by atoms with van der Waals surface area (Å²) in [7, 11) is 3.07. The Morgan fingerprint density at radius 3 is 2.28 bits per heavy atom. The highest BCUT2D eigenvalue weighted by atomic mass is 32.2. The van der Waals surface area contributed by atoms with E-state index in [4.69, 9.17) is 9.47 Å². The number of aromatic nitrogens is 2. The van der Waals surface area contributed by atoms with E-state index in [1.807, 2.05) is 0 Å². The monoisotopic (exact) mass is 268 g/mol. The van der Waals surface area contributed by atoms with Crippen molar-refractivity contribution >= 4 is 18.0 Å². The summed E-state index contributed by atoms with van der Waals surface area (Å²) in [5.74, 6) is 0.880. The normalized spacial score (nSPS) is 17.9. The van der Waals surface area contributed by atoms with Crippen molar-refractivity contribution in [3.63, 3.8) is 0 Å². The maximum absolute atomic E-state index is 11.2. The zero-order valence-corrected chi connectivity index (χ0v) is 11.5. The summed E-state index contributed by atoms with van der Waals surface area (Å²) in [5.41, 5.74) is 0.0894. The topological polar surface area (TPSA) is 61.3 Å². The first-order valence-corrected chi connectivity index (χ1v) is 6.58. The van der Waals surface area contributed by atoms with Gasteiger partial charge in [-0.2, -0.15) is 9.97 Å². The standard InChI is InChI=1S/C12H16N2O3S/c1-12(4-5-12)8(7-15)18-11-13-9(16-2)6-10(14-11)17-3/h6-8H,4-5H2,1-3H3. The molecule has 1 unspecified atom stereocenters. The molecular formula is C12H16N2O3S. The lowest BCUT2D eigenvalue weighted by Gasteiger charge is -2.16. The van der Waals surface area contributed by atoms with E-state index in [-0.39, 0.29) is 10.7 Å². The number of hydrogen-bond donors (Lipinski definition) is 0. The summed E-state index contributed by atoms with van der Waals surface area (Å²) < 4.78 is 10.2. The van der Waals surface area contributed by atoms with E-state index in [2.05, 4.69) is 16.9 Å². The number of thioether (sulfide) groups is 1. The van der Waals surface area contributed by atoms with Gasteiger partial charge in [0.05, 0.1) is 25.5 Å². The molecule has 0 saturated heterocycles. The third kappa shape index (κ3) is 2.75. The van der Waals surface area contributed by atoms with E-state index in [1.165, 1.54) is 26.0 Å². The van der Waals surface area contributed by atoms with Crippen LogP contribution in [0.25, 0.3) is 0 Å². The van der Waals surface area contributed by atoms with Crippen LogP contribution in [0.5, 0.6) is 11.8 Å². The van der Waals surface area contributed by atoms with Crippen LogP contribution in [0.1, 0.15) is 19.8 Å². The van der Waals surface area contributed by atoms with E-state index in [0.717, 1.165) is 19.1 Å². The predicted molar refractivity (Wildman–Crippen MR) is 68.2 cm³/mol. The molecular weight excluding hydrogens is 252 g/mol. The minimum absolute atomic E-state index is 0.0894. The number of aldehydes is 1. The molecule has 18 heavy (non-hydrogen) atoms. The Balaban J connectivity index is 2.19. The van der Waals surface area contributed by atoms with Gasteiger partial charge in [-0.3, -0.25) is 0 Å². The number of nitrogens with zero attached hydrogens (tertiary/aromatic N) is 2. The van der Waals surface area contributed by atoms with Crippen molar-refractivity contribution in [2.75, 3.05) is 14.2 Å². The van der Waals surface area contributed by atoms with Gasteiger partial charge in [0.2, 0.25) is 11.8 Å². The highest BCUT2D eigenvalue weighted by Crippen LogP contribution is 2.52. The van der Waals surface area contributed by atoms with Gasteiger partial charge in [-0.1, -0.05) is 18.7 Å². The minimum Gasteiger partial charge on any atom is -0.481 e. The van der Waals surface area contributed by atoms with Crippen LogP contribution in [-0.4, -0.2) is 35.7 Å². The summed E-state index contributed by atoms with van der Waals surface area (Å²) >= 11 is 1.37. The fourth-order valence-corrected chi connectivity index (χ4v) is 2.66. The van der Waals surface area contributed by atoms with Crippen molar-refractivity contribution in [3.05, 3.63) is 6.07 Å². The summed E-state index contributed by atoms with van der Waals surface area (Å²) in [4.78, 5) is 19.6. The molecule has 5 nitrogen and oxygen atoms in total. The largest absolute Gasteiger partial charge is 0.481 e. The third-order valence-electron chi connectivity index (χ3n) is 3.16. The number of methoxy groups -OCH3 is 2. The van der Waals surface area contributed by atoms with Gasteiger partial charge in [0.1, 0.15) is 6.29 Å². The van der Waals surface area contributed by atoms with E-state index >= 15 is 0 Å². The molecule has 1 atom stereocenters. The number of rotatable bonds is 6. The zero-order valence-electron chi connectivity index (χ0n) is 10.7. The molecule has 1 aromatic rings. The molecule has 0 amide bonds. The lowest BCUT2D eigenvalue weighted by Crippen LogP contribution is -2.17. The van der Waals surface area contributed by atoms with Crippen LogP contribution >= 0.6 is 11.8 Å². The Morgan fingerprint density at radius 2 is 1.89 bits per heavy atom. The number of carbonyl (C=O) groups is 1. The molecule has 2 rings (SSSR count). The first-order chi connectivity index (χ1) is 8.61. The Labute approximate surface area is 110 Å². The van der Waals surface area contributed by atoms with Gasteiger partial charge < -0.3 is 14.3 Å². The second-order valence-corrected chi connectivity index (χ2v) is 5.67. The van der Waals surface area contributed by atoms with Gasteiger partial charge in [0.25, 0.3) is 0 Å². The van der Waals surface area contributed by atoms with Crippen molar-refractivity contribution in [3.8, 4) is 11.8 Å². The Morgan fingerprint density at radius 1 is 1.33 bits per heavy atom. The van der Waals surface area contributed by atoms with Crippen molar-refractivity contribution in [2.45, 2.75) is 30.2 Å². The average molecular weight is 268 g/mol.